The molecule has 4 atom stereocenters. The lowest BCUT2D eigenvalue weighted by Gasteiger charge is -2.47. The number of nitrogens with zero attached hydrogens (tertiary/aromatic N) is 2. The third kappa shape index (κ3) is 2.30. The van der Waals surface area contributed by atoms with Crippen LogP contribution in [0, 0.1) is 23.2 Å². The van der Waals surface area contributed by atoms with Crippen molar-refractivity contribution in [1.82, 2.24) is 4.90 Å². The molecule has 1 aromatic rings. The molecule has 0 aliphatic carbocycles. The van der Waals surface area contributed by atoms with E-state index in [2.05, 4.69) is 32.6 Å². The lowest BCUT2D eigenvalue weighted by Crippen LogP contribution is -2.54. The van der Waals surface area contributed by atoms with Gasteiger partial charge < -0.3 is 0 Å². The van der Waals surface area contributed by atoms with Crippen LogP contribution in [0.1, 0.15) is 40.5 Å². The Morgan fingerprint density at radius 1 is 1.04 bits per heavy atom. The molecule has 0 saturated carbocycles. The highest BCUT2D eigenvalue weighted by Gasteiger charge is 2.65. The van der Waals surface area contributed by atoms with E-state index in [9.17, 15) is 9.59 Å². The van der Waals surface area contributed by atoms with Crippen LogP contribution >= 0.6 is 0 Å². The number of benzene rings is 1. The minimum atomic E-state index is -0.199. The first-order valence-electron chi connectivity index (χ1n) is 9.53. The fourth-order valence-electron chi connectivity index (χ4n) is 5.72. The summed E-state index contributed by atoms with van der Waals surface area (Å²) in [4.78, 5) is 30.7. The number of carbonyl (C=O) groups excluding carboxylic acids is 2. The molecule has 3 aliphatic rings. The summed E-state index contributed by atoms with van der Waals surface area (Å²) in [7, 11) is 0. The van der Waals surface area contributed by atoms with Crippen molar-refractivity contribution in [1.29, 1.82) is 0 Å². The summed E-state index contributed by atoms with van der Waals surface area (Å²) in [6.07, 6.45) is 2.27. The molecule has 25 heavy (non-hydrogen) atoms. The van der Waals surface area contributed by atoms with Gasteiger partial charge >= 0.3 is 0 Å². The molecule has 3 aliphatic heterocycles. The smallest absolute Gasteiger partial charge is 0.239 e. The van der Waals surface area contributed by atoms with E-state index in [0.717, 1.165) is 25.1 Å². The molecule has 0 N–H and O–H groups in total. The van der Waals surface area contributed by atoms with Gasteiger partial charge in [0.15, 0.2) is 0 Å². The monoisotopic (exact) mass is 340 g/mol. The number of hydrogen-bond acceptors (Lipinski definition) is 3. The molecule has 4 rings (SSSR count). The summed E-state index contributed by atoms with van der Waals surface area (Å²) in [5, 5.41) is 0. The zero-order chi connectivity index (χ0) is 17.9. The summed E-state index contributed by atoms with van der Waals surface area (Å²) >= 11 is 0. The lowest BCUT2D eigenvalue weighted by molar-refractivity contribution is -0.125. The van der Waals surface area contributed by atoms with Gasteiger partial charge in [-0.2, -0.15) is 0 Å². The molecule has 0 aromatic heterocycles. The van der Waals surface area contributed by atoms with E-state index in [1.165, 1.54) is 4.90 Å². The van der Waals surface area contributed by atoms with Crippen molar-refractivity contribution in [2.75, 3.05) is 11.4 Å². The van der Waals surface area contributed by atoms with Gasteiger partial charge in [-0.25, -0.2) is 4.90 Å². The Kier molecular flexibility index (Phi) is 3.80. The van der Waals surface area contributed by atoms with Gasteiger partial charge in [-0.15, -0.1) is 0 Å². The Balaban J connectivity index is 1.80. The van der Waals surface area contributed by atoms with Gasteiger partial charge in [0.2, 0.25) is 11.8 Å². The molecule has 0 spiro atoms. The molecule has 0 radical (unpaired) electrons. The summed E-state index contributed by atoms with van der Waals surface area (Å²) in [5.41, 5.74) is 0.780. The Bertz CT molecular complexity index is 697. The maximum atomic E-state index is 13.4. The standard InChI is InChI=1S/C21H28N2O2/c1-13(2)17-15-16(18-21(3,4)11-8-12-22(17)18)20(25)23(19(15)24)14-9-6-5-7-10-14/h5-7,9-10,13,15-18H,8,11-12H2,1-4H3. The van der Waals surface area contributed by atoms with Gasteiger partial charge in [0, 0.05) is 12.1 Å². The normalized spacial score (nSPS) is 34.5. The predicted molar refractivity (Wildman–Crippen MR) is 98.1 cm³/mol. The second-order valence-corrected chi connectivity index (χ2v) is 8.91. The summed E-state index contributed by atoms with van der Waals surface area (Å²) in [5.74, 6) is -0.0243. The number of imide groups is 1. The molecule has 4 unspecified atom stereocenters. The van der Waals surface area contributed by atoms with Crippen molar-refractivity contribution in [2.45, 2.75) is 52.6 Å². The highest BCUT2D eigenvalue weighted by Crippen LogP contribution is 2.54. The second-order valence-electron chi connectivity index (χ2n) is 8.91. The van der Waals surface area contributed by atoms with Crippen LogP contribution in [-0.4, -0.2) is 35.3 Å². The topological polar surface area (TPSA) is 40.6 Å². The highest BCUT2D eigenvalue weighted by molar-refractivity contribution is 6.22. The second kappa shape index (κ2) is 5.66. The maximum Gasteiger partial charge on any atom is 0.239 e. The molecule has 3 fully saturated rings. The van der Waals surface area contributed by atoms with Crippen molar-refractivity contribution in [3.8, 4) is 0 Å². The van der Waals surface area contributed by atoms with Gasteiger partial charge in [-0.3, -0.25) is 14.5 Å². The van der Waals surface area contributed by atoms with E-state index < -0.39 is 0 Å². The molecule has 0 bridgehead atoms. The molecular formula is C21H28N2O2. The average molecular weight is 340 g/mol. The molecule has 2 amide bonds. The number of fused-ring (bicyclic) bond motifs is 3. The molecule has 4 nitrogen and oxygen atoms in total. The van der Waals surface area contributed by atoms with E-state index in [0.29, 0.717) is 5.92 Å². The van der Waals surface area contributed by atoms with Crippen LogP contribution in [0.2, 0.25) is 0 Å². The van der Waals surface area contributed by atoms with Crippen LogP contribution < -0.4 is 4.90 Å². The van der Waals surface area contributed by atoms with E-state index in [1.54, 1.807) is 0 Å². The van der Waals surface area contributed by atoms with Crippen LogP contribution in [-0.2, 0) is 9.59 Å². The van der Waals surface area contributed by atoms with Crippen LogP contribution in [0.15, 0.2) is 30.3 Å². The molecule has 4 heteroatoms. The number of anilines is 1. The van der Waals surface area contributed by atoms with Crippen LogP contribution in [0.25, 0.3) is 0 Å². The molecular weight excluding hydrogens is 312 g/mol. The first-order valence-corrected chi connectivity index (χ1v) is 9.53. The molecule has 134 valence electrons. The van der Waals surface area contributed by atoms with Crippen molar-refractivity contribution in [2.24, 2.45) is 23.2 Å². The maximum absolute atomic E-state index is 13.4. The SMILES string of the molecule is CC(C)C1C2C(=O)N(c3ccccc3)C(=O)C2C2N1CCCC2(C)C. The fourth-order valence-corrected chi connectivity index (χ4v) is 5.72. The quantitative estimate of drug-likeness (QED) is 0.776. The van der Waals surface area contributed by atoms with Crippen LogP contribution in [0.5, 0.6) is 0 Å². The fraction of sp³-hybridized carbons (Fsp3) is 0.619. The first-order chi connectivity index (χ1) is 11.8. The number of hydrogen-bond donors (Lipinski definition) is 0. The Hall–Kier alpha value is -1.68. The van der Waals surface area contributed by atoms with Crippen LogP contribution in [0.4, 0.5) is 5.69 Å². The lowest BCUT2D eigenvalue weighted by atomic mass is 9.71. The number of amides is 2. The van der Waals surface area contributed by atoms with E-state index in [-0.39, 0.29) is 41.1 Å². The minimum Gasteiger partial charge on any atom is -0.295 e. The number of para-hydroxylation sites is 1. The van der Waals surface area contributed by atoms with Gasteiger partial charge in [0.1, 0.15) is 0 Å². The van der Waals surface area contributed by atoms with Crippen molar-refractivity contribution in [3.05, 3.63) is 30.3 Å². The van der Waals surface area contributed by atoms with Gasteiger partial charge in [-0.1, -0.05) is 45.9 Å². The van der Waals surface area contributed by atoms with Gasteiger partial charge in [-0.05, 0) is 42.9 Å². The summed E-state index contributed by atoms with van der Waals surface area (Å²) in [6.45, 7) is 9.93. The third-order valence-corrected chi connectivity index (χ3v) is 6.58. The number of piperidine rings is 1. The van der Waals surface area contributed by atoms with Crippen LogP contribution in [0.3, 0.4) is 0 Å². The zero-order valence-corrected chi connectivity index (χ0v) is 15.6. The van der Waals surface area contributed by atoms with Crippen molar-refractivity contribution >= 4 is 17.5 Å². The largest absolute Gasteiger partial charge is 0.295 e. The third-order valence-electron chi connectivity index (χ3n) is 6.58. The summed E-state index contributed by atoms with van der Waals surface area (Å²) in [6, 6.07) is 9.76. The average Bonchev–Trinajstić information content (AvgIpc) is 3.03. The first kappa shape index (κ1) is 16.8. The van der Waals surface area contributed by atoms with E-state index >= 15 is 0 Å². The van der Waals surface area contributed by atoms with Gasteiger partial charge in [0.25, 0.3) is 0 Å². The Labute approximate surface area is 150 Å². The number of rotatable bonds is 2. The summed E-state index contributed by atoms with van der Waals surface area (Å²) < 4.78 is 0. The highest BCUT2D eigenvalue weighted by atomic mass is 16.2. The zero-order valence-electron chi connectivity index (χ0n) is 15.6. The predicted octanol–water partition coefficient (Wildman–Crippen LogP) is 3.32. The van der Waals surface area contributed by atoms with E-state index in [4.69, 9.17) is 0 Å². The van der Waals surface area contributed by atoms with Crippen molar-refractivity contribution < 1.29 is 9.59 Å². The van der Waals surface area contributed by atoms with E-state index in [1.807, 2.05) is 30.3 Å². The molecule has 3 heterocycles. The Morgan fingerprint density at radius 2 is 1.68 bits per heavy atom. The van der Waals surface area contributed by atoms with Crippen molar-refractivity contribution in [3.63, 3.8) is 0 Å². The molecule has 3 saturated heterocycles. The molecule has 1 aromatic carbocycles. The van der Waals surface area contributed by atoms with Gasteiger partial charge in [0.05, 0.1) is 17.5 Å². The minimum absolute atomic E-state index is 0.00472. The number of carbonyl (C=O) groups is 2. The Morgan fingerprint density at radius 3 is 2.32 bits per heavy atom.